The Balaban J connectivity index is 2.00. The molecule has 2 heterocycles. The number of aliphatic carboxylic acids is 1. The van der Waals surface area contributed by atoms with Crippen molar-refractivity contribution in [3.05, 3.63) is 92.5 Å². The maximum atomic E-state index is 16.2. The van der Waals surface area contributed by atoms with Crippen LogP contribution in [0, 0.1) is 17.0 Å². The Morgan fingerprint density at radius 1 is 1.05 bits per heavy atom. The number of nitrogens with two attached hydrogens (primary N) is 2. The van der Waals surface area contributed by atoms with Gasteiger partial charge in [-0.1, -0.05) is 56.1 Å². The SMILES string of the molecule is CC(C)(C)C[C@@H]1N(c2cc(C(N)=O)ccc2C(N)=O)[C@@H](C(=O)O)[C@H](c2cccc(Cl)c2F)C12C(=O)Nc1cc(Cl)cc(F)c12. The van der Waals surface area contributed by atoms with Crippen molar-refractivity contribution >= 4 is 58.3 Å². The molecule has 44 heavy (non-hydrogen) atoms. The fourth-order valence-electron chi connectivity index (χ4n) is 6.78. The average molecular weight is 645 g/mol. The lowest BCUT2D eigenvalue weighted by atomic mass is 9.62. The van der Waals surface area contributed by atoms with Crippen LogP contribution in [0.25, 0.3) is 0 Å². The summed E-state index contributed by atoms with van der Waals surface area (Å²) in [6.07, 6.45) is 0.0173. The highest BCUT2D eigenvalue weighted by molar-refractivity contribution is 6.31. The Bertz CT molecular complexity index is 1760. The van der Waals surface area contributed by atoms with Gasteiger partial charge >= 0.3 is 5.97 Å². The Morgan fingerprint density at radius 3 is 2.32 bits per heavy atom. The van der Waals surface area contributed by atoms with Crippen LogP contribution < -0.4 is 21.7 Å². The Labute approximate surface area is 261 Å². The largest absolute Gasteiger partial charge is 0.480 e. The van der Waals surface area contributed by atoms with E-state index in [2.05, 4.69) is 5.32 Å². The van der Waals surface area contributed by atoms with Crippen molar-refractivity contribution in [1.29, 1.82) is 0 Å². The first-order valence-corrected chi connectivity index (χ1v) is 14.3. The molecule has 1 fully saturated rings. The Kier molecular flexibility index (Phi) is 7.62. The molecule has 1 saturated heterocycles. The minimum absolute atomic E-state index is 0.0154. The quantitative estimate of drug-likeness (QED) is 0.288. The molecule has 1 unspecified atom stereocenters. The van der Waals surface area contributed by atoms with Gasteiger partial charge in [0, 0.05) is 33.8 Å². The van der Waals surface area contributed by atoms with Crippen LogP contribution in [0.5, 0.6) is 0 Å². The second-order valence-corrected chi connectivity index (χ2v) is 13.0. The molecule has 2 aliphatic heterocycles. The molecule has 0 aromatic heterocycles. The van der Waals surface area contributed by atoms with Crippen LogP contribution in [0.15, 0.2) is 48.5 Å². The summed E-state index contributed by atoms with van der Waals surface area (Å²) in [4.78, 5) is 54.2. The molecule has 0 radical (unpaired) electrons. The number of rotatable bonds is 6. The Hall–Kier alpha value is -4.22. The van der Waals surface area contributed by atoms with Crippen LogP contribution in [0.1, 0.15) is 65.0 Å². The van der Waals surface area contributed by atoms with Crippen LogP contribution >= 0.6 is 23.2 Å². The number of anilines is 2. The van der Waals surface area contributed by atoms with Crippen molar-refractivity contribution in [3.63, 3.8) is 0 Å². The molecule has 4 atom stereocenters. The number of carbonyl (C=O) groups is 4. The highest BCUT2D eigenvalue weighted by atomic mass is 35.5. The molecular weight excluding hydrogens is 617 g/mol. The first-order chi connectivity index (χ1) is 20.5. The fourth-order valence-corrected chi connectivity index (χ4v) is 7.17. The van der Waals surface area contributed by atoms with E-state index in [1.165, 1.54) is 47.4 Å². The van der Waals surface area contributed by atoms with Gasteiger partial charge in [0.25, 0.3) is 5.91 Å². The first kappa shape index (κ1) is 31.2. The zero-order valence-corrected chi connectivity index (χ0v) is 25.3. The molecule has 230 valence electrons. The van der Waals surface area contributed by atoms with E-state index < -0.39 is 64.2 Å². The van der Waals surface area contributed by atoms with Gasteiger partial charge in [-0.3, -0.25) is 14.4 Å². The number of halogens is 4. The number of carbonyl (C=O) groups excluding carboxylic acids is 3. The van der Waals surface area contributed by atoms with E-state index >= 15 is 8.78 Å². The third kappa shape index (κ3) is 4.75. The number of benzene rings is 3. The molecule has 13 heteroatoms. The summed E-state index contributed by atoms with van der Waals surface area (Å²) >= 11 is 12.3. The molecule has 0 aliphatic carbocycles. The summed E-state index contributed by atoms with van der Waals surface area (Å²) in [6.45, 7) is 5.47. The van der Waals surface area contributed by atoms with Crippen molar-refractivity contribution in [2.24, 2.45) is 16.9 Å². The third-order valence-corrected chi connectivity index (χ3v) is 8.77. The standard InChI is InChI=1S/C31H28Cl2F2N4O5/c1-30(2,3)12-21-31(23-18(34)10-14(32)11-19(23)38-29(31)44)22(16-5-4-6-17(33)24(16)35)25(28(42)43)39(21)20-9-13(26(36)40)7-8-15(20)27(37)41/h4-11,21-22,25H,12H2,1-3H3,(H2,36,40)(H2,37,41)(H,38,44)(H,42,43)/t21-,22-,25+,31?/m0/s1. The maximum Gasteiger partial charge on any atom is 0.327 e. The topological polar surface area (TPSA) is 156 Å². The lowest BCUT2D eigenvalue weighted by molar-refractivity contribution is -0.139. The van der Waals surface area contributed by atoms with E-state index in [0.717, 1.165) is 6.07 Å². The molecule has 5 rings (SSSR count). The first-order valence-electron chi connectivity index (χ1n) is 13.5. The van der Waals surface area contributed by atoms with Gasteiger partial charge < -0.3 is 26.8 Å². The van der Waals surface area contributed by atoms with Crippen LogP contribution in [0.2, 0.25) is 10.0 Å². The highest BCUT2D eigenvalue weighted by Gasteiger charge is 2.70. The molecule has 6 N–H and O–H groups in total. The summed E-state index contributed by atoms with van der Waals surface area (Å²) in [5, 5.41) is 13.2. The normalized spacial score (nSPS) is 22.7. The Morgan fingerprint density at radius 2 is 1.73 bits per heavy atom. The van der Waals surface area contributed by atoms with E-state index in [-0.39, 0.29) is 50.1 Å². The number of primary amides is 2. The lowest BCUT2D eigenvalue weighted by Crippen LogP contribution is -2.51. The molecule has 9 nitrogen and oxygen atoms in total. The second kappa shape index (κ2) is 10.7. The monoisotopic (exact) mass is 644 g/mol. The van der Waals surface area contributed by atoms with Gasteiger partial charge in [-0.15, -0.1) is 0 Å². The molecule has 2 aliphatic rings. The number of carboxylic acids is 1. The minimum Gasteiger partial charge on any atom is -0.480 e. The van der Waals surface area contributed by atoms with Gasteiger partial charge in [-0.2, -0.15) is 0 Å². The zero-order chi connectivity index (χ0) is 32.5. The molecule has 3 aromatic rings. The van der Waals surface area contributed by atoms with Crippen molar-refractivity contribution in [1.82, 2.24) is 0 Å². The van der Waals surface area contributed by atoms with E-state index in [1.807, 2.05) is 20.8 Å². The minimum atomic E-state index is -2.12. The van der Waals surface area contributed by atoms with Crippen LogP contribution in [0.4, 0.5) is 20.2 Å². The van der Waals surface area contributed by atoms with Gasteiger partial charge in [0.15, 0.2) is 0 Å². The maximum absolute atomic E-state index is 16.2. The van der Waals surface area contributed by atoms with Crippen LogP contribution in [-0.2, 0) is 15.0 Å². The summed E-state index contributed by atoms with van der Waals surface area (Å²) in [5.74, 6) is -7.76. The van der Waals surface area contributed by atoms with Gasteiger partial charge in [-0.05, 0) is 53.8 Å². The van der Waals surface area contributed by atoms with Gasteiger partial charge in [-0.25, -0.2) is 13.6 Å². The molecule has 1 spiro atoms. The van der Waals surface area contributed by atoms with Crippen molar-refractivity contribution < 1.29 is 33.1 Å². The highest BCUT2D eigenvalue weighted by Crippen LogP contribution is 2.62. The number of carboxylic acid groups (broad SMARTS) is 1. The second-order valence-electron chi connectivity index (χ2n) is 12.2. The van der Waals surface area contributed by atoms with Gasteiger partial charge in [0.1, 0.15) is 23.1 Å². The number of nitrogens with zero attached hydrogens (tertiary/aromatic N) is 1. The van der Waals surface area contributed by atoms with Gasteiger partial charge in [0.05, 0.1) is 16.3 Å². The van der Waals surface area contributed by atoms with Crippen molar-refractivity contribution in [3.8, 4) is 0 Å². The van der Waals surface area contributed by atoms with Crippen LogP contribution in [-0.4, -0.2) is 40.9 Å². The lowest BCUT2D eigenvalue weighted by Gasteiger charge is -2.40. The third-order valence-electron chi connectivity index (χ3n) is 8.26. The van der Waals surface area contributed by atoms with Crippen LogP contribution in [0.3, 0.4) is 0 Å². The number of nitrogens with one attached hydrogen (secondary N) is 1. The number of amides is 3. The summed E-state index contributed by atoms with van der Waals surface area (Å²) in [7, 11) is 0. The molecular formula is C31H28Cl2F2N4O5. The average Bonchev–Trinajstić information content (AvgIpc) is 3.36. The number of hydrogen-bond acceptors (Lipinski definition) is 5. The molecule has 0 bridgehead atoms. The summed E-state index contributed by atoms with van der Waals surface area (Å²) < 4.78 is 32.3. The van der Waals surface area contributed by atoms with E-state index in [1.54, 1.807) is 0 Å². The van der Waals surface area contributed by atoms with Crippen molar-refractivity contribution in [2.45, 2.75) is 50.6 Å². The zero-order valence-electron chi connectivity index (χ0n) is 23.8. The molecule has 3 amide bonds. The summed E-state index contributed by atoms with van der Waals surface area (Å²) in [5.41, 5.74) is 7.55. The van der Waals surface area contributed by atoms with E-state index in [9.17, 15) is 24.3 Å². The van der Waals surface area contributed by atoms with E-state index in [4.69, 9.17) is 34.7 Å². The van der Waals surface area contributed by atoms with Crippen molar-refractivity contribution in [2.75, 3.05) is 10.2 Å². The predicted octanol–water partition coefficient (Wildman–Crippen LogP) is 5.22. The van der Waals surface area contributed by atoms with E-state index in [0.29, 0.717) is 0 Å². The summed E-state index contributed by atoms with van der Waals surface area (Å²) in [6, 6.07) is 6.84. The fraction of sp³-hybridized carbons (Fsp3) is 0.290. The predicted molar refractivity (Wildman–Crippen MR) is 161 cm³/mol. The number of fused-ring (bicyclic) bond motifs is 2. The molecule has 0 saturated carbocycles. The number of hydrogen-bond donors (Lipinski definition) is 4. The smallest absolute Gasteiger partial charge is 0.327 e. The molecule has 3 aromatic carbocycles. The van der Waals surface area contributed by atoms with Gasteiger partial charge in [0.2, 0.25) is 11.8 Å².